The van der Waals surface area contributed by atoms with E-state index in [0.29, 0.717) is 12.6 Å². The van der Waals surface area contributed by atoms with Gasteiger partial charge in [0.1, 0.15) is 6.04 Å². The van der Waals surface area contributed by atoms with Crippen molar-refractivity contribution in [2.24, 2.45) is 0 Å². The van der Waals surface area contributed by atoms with Crippen molar-refractivity contribution in [3.8, 4) is 0 Å². The van der Waals surface area contributed by atoms with Gasteiger partial charge in [0.2, 0.25) is 0 Å². The van der Waals surface area contributed by atoms with Crippen LogP contribution >= 0.6 is 0 Å². The molecule has 1 rings (SSSR count). The van der Waals surface area contributed by atoms with Crippen LogP contribution in [0.4, 0.5) is 0 Å². The molecule has 2 unspecified atom stereocenters. The second-order valence-electron chi connectivity index (χ2n) is 5.41. The maximum atomic E-state index is 11.2. The molecule has 17 heavy (non-hydrogen) atoms. The number of aliphatic carboxylic acids is 1. The zero-order chi connectivity index (χ0) is 12.8. The average Bonchev–Trinajstić information content (AvgIpc) is 2.42. The Bertz CT molecular complexity index is 244. The van der Waals surface area contributed by atoms with Crippen molar-refractivity contribution in [3.63, 3.8) is 0 Å². The molecule has 0 aromatic rings. The first kappa shape index (κ1) is 14.5. The fourth-order valence-electron chi connectivity index (χ4n) is 2.44. The standard InChI is InChI=1S/C13H26N2O2/c1-10(2)14-12(13(16)17)9-15-8-6-4-5-7-11(15)3/h10-12,14H,4-9H2,1-3H3,(H,16,17). The maximum Gasteiger partial charge on any atom is 0.322 e. The van der Waals surface area contributed by atoms with Crippen LogP contribution in [0.5, 0.6) is 0 Å². The molecule has 0 aromatic heterocycles. The maximum absolute atomic E-state index is 11.2. The van der Waals surface area contributed by atoms with Gasteiger partial charge in [-0.2, -0.15) is 0 Å². The second kappa shape index (κ2) is 6.97. The lowest BCUT2D eigenvalue weighted by molar-refractivity contribution is -0.140. The first-order valence-electron chi connectivity index (χ1n) is 6.73. The smallest absolute Gasteiger partial charge is 0.322 e. The number of hydrogen-bond donors (Lipinski definition) is 2. The molecule has 4 heteroatoms. The van der Waals surface area contributed by atoms with Crippen LogP contribution in [0.15, 0.2) is 0 Å². The van der Waals surface area contributed by atoms with Gasteiger partial charge in [-0.3, -0.25) is 9.69 Å². The zero-order valence-electron chi connectivity index (χ0n) is 11.3. The quantitative estimate of drug-likeness (QED) is 0.770. The number of carbonyl (C=O) groups is 1. The van der Waals surface area contributed by atoms with Crippen LogP contribution in [-0.4, -0.2) is 47.2 Å². The summed E-state index contributed by atoms with van der Waals surface area (Å²) in [5.74, 6) is -0.741. The molecule has 4 nitrogen and oxygen atoms in total. The fraction of sp³-hybridized carbons (Fsp3) is 0.923. The number of nitrogens with zero attached hydrogens (tertiary/aromatic N) is 1. The molecule has 1 aliphatic heterocycles. The normalized spacial score (nSPS) is 24.6. The Kier molecular flexibility index (Phi) is 5.92. The van der Waals surface area contributed by atoms with Crippen molar-refractivity contribution in [2.45, 2.75) is 64.6 Å². The Labute approximate surface area is 104 Å². The van der Waals surface area contributed by atoms with Crippen molar-refractivity contribution < 1.29 is 9.90 Å². The molecule has 0 spiro atoms. The third-order valence-electron chi connectivity index (χ3n) is 3.44. The summed E-state index contributed by atoms with van der Waals surface area (Å²) in [7, 11) is 0. The Morgan fingerprint density at radius 3 is 2.71 bits per heavy atom. The van der Waals surface area contributed by atoms with Crippen LogP contribution in [0, 0.1) is 0 Å². The minimum absolute atomic E-state index is 0.207. The van der Waals surface area contributed by atoms with Crippen LogP contribution in [0.1, 0.15) is 46.5 Å². The Balaban J connectivity index is 2.54. The second-order valence-corrected chi connectivity index (χ2v) is 5.41. The lowest BCUT2D eigenvalue weighted by atomic mass is 10.1. The third kappa shape index (κ3) is 5.04. The van der Waals surface area contributed by atoms with Crippen LogP contribution in [0.2, 0.25) is 0 Å². The lowest BCUT2D eigenvalue weighted by Gasteiger charge is -2.30. The Morgan fingerprint density at radius 1 is 1.41 bits per heavy atom. The van der Waals surface area contributed by atoms with Gasteiger partial charge in [-0.1, -0.05) is 26.7 Å². The molecule has 1 heterocycles. The molecule has 0 bridgehead atoms. The molecule has 0 aliphatic carbocycles. The highest BCUT2D eigenvalue weighted by Crippen LogP contribution is 2.16. The van der Waals surface area contributed by atoms with Gasteiger partial charge < -0.3 is 10.4 Å². The van der Waals surface area contributed by atoms with E-state index >= 15 is 0 Å². The van der Waals surface area contributed by atoms with Crippen molar-refractivity contribution >= 4 is 5.97 Å². The summed E-state index contributed by atoms with van der Waals surface area (Å²) in [4.78, 5) is 13.5. The summed E-state index contributed by atoms with van der Waals surface area (Å²) in [5.41, 5.74) is 0. The average molecular weight is 242 g/mol. The predicted molar refractivity (Wildman–Crippen MR) is 69.2 cm³/mol. The van der Waals surface area contributed by atoms with Crippen molar-refractivity contribution in [3.05, 3.63) is 0 Å². The summed E-state index contributed by atoms with van der Waals surface area (Å²) < 4.78 is 0. The van der Waals surface area contributed by atoms with E-state index in [-0.39, 0.29) is 6.04 Å². The summed E-state index contributed by atoms with van der Waals surface area (Å²) in [5, 5.41) is 12.3. The van der Waals surface area contributed by atoms with Gasteiger partial charge in [0, 0.05) is 18.6 Å². The monoisotopic (exact) mass is 242 g/mol. The number of carboxylic acid groups (broad SMARTS) is 1. The molecule has 0 saturated carbocycles. The van der Waals surface area contributed by atoms with E-state index in [1.807, 2.05) is 13.8 Å². The number of likely N-dealkylation sites (tertiary alicyclic amines) is 1. The molecular formula is C13H26N2O2. The predicted octanol–water partition coefficient (Wildman–Crippen LogP) is 1.70. The highest BCUT2D eigenvalue weighted by atomic mass is 16.4. The molecule has 0 aromatic carbocycles. The molecule has 2 N–H and O–H groups in total. The Morgan fingerprint density at radius 2 is 2.12 bits per heavy atom. The number of nitrogens with one attached hydrogen (secondary N) is 1. The third-order valence-corrected chi connectivity index (χ3v) is 3.44. The van der Waals surface area contributed by atoms with Gasteiger partial charge in [-0.25, -0.2) is 0 Å². The topological polar surface area (TPSA) is 52.6 Å². The van der Waals surface area contributed by atoms with Gasteiger partial charge in [-0.05, 0) is 26.3 Å². The summed E-state index contributed by atoms with van der Waals surface area (Å²) in [6, 6.07) is 0.266. The van der Waals surface area contributed by atoms with Crippen molar-refractivity contribution in [2.75, 3.05) is 13.1 Å². The summed E-state index contributed by atoms with van der Waals surface area (Å²) >= 11 is 0. The first-order valence-corrected chi connectivity index (χ1v) is 6.73. The van der Waals surface area contributed by atoms with Crippen molar-refractivity contribution in [1.29, 1.82) is 0 Å². The number of rotatable bonds is 5. The van der Waals surface area contributed by atoms with E-state index < -0.39 is 12.0 Å². The largest absolute Gasteiger partial charge is 0.480 e. The van der Waals surface area contributed by atoms with E-state index in [0.717, 1.165) is 6.54 Å². The number of carboxylic acids is 1. The molecule has 1 aliphatic rings. The lowest BCUT2D eigenvalue weighted by Crippen LogP contribution is -2.50. The van der Waals surface area contributed by atoms with Crippen molar-refractivity contribution in [1.82, 2.24) is 10.2 Å². The van der Waals surface area contributed by atoms with E-state index in [1.165, 1.54) is 25.7 Å². The summed E-state index contributed by atoms with van der Waals surface area (Å²) in [6.07, 6.45) is 4.93. The highest BCUT2D eigenvalue weighted by Gasteiger charge is 2.25. The fourth-order valence-corrected chi connectivity index (χ4v) is 2.44. The van der Waals surface area contributed by atoms with Gasteiger partial charge in [0.15, 0.2) is 0 Å². The van der Waals surface area contributed by atoms with Gasteiger partial charge in [0.05, 0.1) is 0 Å². The number of hydrogen-bond acceptors (Lipinski definition) is 3. The highest BCUT2D eigenvalue weighted by molar-refractivity contribution is 5.73. The molecule has 100 valence electrons. The van der Waals surface area contributed by atoms with Gasteiger partial charge >= 0.3 is 5.97 Å². The van der Waals surface area contributed by atoms with E-state index in [2.05, 4.69) is 17.1 Å². The molecule has 0 amide bonds. The minimum atomic E-state index is -0.741. The Hall–Kier alpha value is -0.610. The molecular weight excluding hydrogens is 216 g/mol. The van der Waals surface area contributed by atoms with Crippen LogP contribution in [0.25, 0.3) is 0 Å². The van der Waals surface area contributed by atoms with Crippen LogP contribution in [0.3, 0.4) is 0 Å². The molecule has 1 saturated heterocycles. The zero-order valence-corrected chi connectivity index (χ0v) is 11.3. The molecule has 0 radical (unpaired) electrons. The van der Waals surface area contributed by atoms with Crippen LogP contribution in [-0.2, 0) is 4.79 Å². The van der Waals surface area contributed by atoms with Crippen LogP contribution < -0.4 is 5.32 Å². The van der Waals surface area contributed by atoms with E-state index in [4.69, 9.17) is 0 Å². The SMILES string of the molecule is CC(C)NC(CN1CCCCCC1C)C(=O)O. The summed E-state index contributed by atoms with van der Waals surface area (Å²) in [6.45, 7) is 7.84. The van der Waals surface area contributed by atoms with Gasteiger partial charge in [-0.15, -0.1) is 0 Å². The first-order chi connectivity index (χ1) is 8.00. The van der Waals surface area contributed by atoms with E-state index in [1.54, 1.807) is 0 Å². The van der Waals surface area contributed by atoms with E-state index in [9.17, 15) is 9.90 Å². The molecule has 2 atom stereocenters. The minimum Gasteiger partial charge on any atom is -0.480 e. The molecule has 1 fully saturated rings. The van der Waals surface area contributed by atoms with Gasteiger partial charge in [0.25, 0.3) is 0 Å².